The zero-order chi connectivity index (χ0) is 9.42. The predicted octanol–water partition coefficient (Wildman–Crippen LogP) is 3.85. The van der Waals surface area contributed by atoms with E-state index in [9.17, 15) is 0 Å². The van der Waals surface area contributed by atoms with E-state index in [1.807, 2.05) is 19.1 Å². The van der Waals surface area contributed by atoms with Crippen molar-refractivity contribution in [3.63, 3.8) is 0 Å². The van der Waals surface area contributed by atoms with Crippen molar-refractivity contribution in [2.24, 2.45) is 0 Å². The van der Waals surface area contributed by atoms with Crippen molar-refractivity contribution in [2.45, 2.75) is 6.92 Å². The van der Waals surface area contributed by atoms with Gasteiger partial charge < -0.3 is 0 Å². The van der Waals surface area contributed by atoms with Gasteiger partial charge >= 0.3 is 0 Å². The maximum atomic E-state index is 6.04. The van der Waals surface area contributed by atoms with Crippen molar-refractivity contribution in [1.29, 1.82) is 0 Å². The smallest absolute Gasteiger partial charge is 0.0905 e. The molecular weight excluding hydrogens is 205 g/mol. The molecule has 0 saturated carbocycles. The van der Waals surface area contributed by atoms with Crippen LogP contribution in [0, 0.1) is 6.92 Å². The van der Waals surface area contributed by atoms with Crippen molar-refractivity contribution in [3.8, 4) is 0 Å². The molecule has 0 radical (unpaired) electrons. The fraction of sp³-hybridized carbons (Fsp3) is 0.100. The Kier molecular flexibility index (Phi) is 2.14. The number of hydrogen-bond donors (Lipinski definition) is 0. The molecule has 0 N–H and O–H groups in total. The summed E-state index contributed by atoms with van der Waals surface area (Å²) in [6.45, 7) is 1.99. The molecule has 0 bridgehead atoms. The number of aryl methyl sites for hydroxylation is 1. The van der Waals surface area contributed by atoms with Crippen LogP contribution in [0.25, 0.3) is 10.9 Å². The minimum atomic E-state index is 0.642. The average Bonchev–Trinajstić information content (AvgIpc) is 2.12. The van der Waals surface area contributed by atoms with Gasteiger partial charge in [0.1, 0.15) is 0 Å². The molecule has 1 aromatic heterocycles. The summed E-state index contributed by atoms with van der Waals surface area (Å²) in [5, 5.41) is 2.28. The van der Waals surface area contributed by atoms with E-state index < -0.39 is 0 Å². The molecule has 0 spiro atoms. The van der Waals surface area contributed by atoms with Crippen LogP contribution in [0.4, 0.5) is 0 Å². The molecule has 0 saturated heterocycles. The monoisotopic (exact) mass is 211 g/mol. The lowest BCUT2D eigenvalue weighted by atomic mass is 10.1. The van der Waals surface area contributed by atoms with E-state index >= 15 is 0 Å². The zero-order valence-corrected chi connectivity index (χ0v) is 8.52. The first kappa shape index (κ1) is 8.79. The Hall–Kier alpha value is -0.790. The lowest BCUT2D eigenvalue weighted by molar-refractivity contribution is 1.39. The molecule has 1 heterocycles. The summed E-state index contributed by atoms with van der Waals surface area (Å²) in [5.74, 6) is 0. The Morgan fingerprint density at radius 1 is 1.08 bits per heavy atom. The Morgan fingerprint density at radius 3 is 2.54 bits per heavy atom. The van der Waals surface area contributed by atoms with Gasteiger partial charge in [0.2, 0.25) is 0 Å². The molecule has 2 rings (SSSR count). The van der Waals surface area contributed by atoms with Crippen molar-refractivity contribution < 1.29 is 0 Å². The van der Waals surface area contributed by atoms with Crippen LogP contribution in [0.2, 0.25) is 10.0 Å². The van der Waals surface area contributed by atoms with Crippen LogP contribution in [0.1, 0.15) is 5.56 Å². The Labute approximate surface area is 86.3 Å². The Bertz CT molecular complexity index is 457. The number of nitrogens with zero attached hydrogens (tertiary/aromatic N) is 1. The van der Waals surface area contributed by atoms with Crippen LogP contribution in [0.5, 0.6) is 0 Å². The molecule has 0 aliphatic carbocycles. The second kappa shape index (κ2) is 3.17. The largest absolute Gasteiger partial charge is 0.255 e. The van der Waals surface area contributed by atoms with E-state index in [2.05, 4.69) is 4.98 Å². The fourth-order valence-corrected chi connectivity index (χ4v) is 1.86. The molecule has 0 atom stereocenters. The Morgan fingerprint density at radius 2 is 1.85 bits per heavy atom. The molecule has 1 nitrogen and oxygen atoms in total. The summed E-state index contributed by atoms with van der Waals surface area (Å²) < 4.78 is 0. The molecule has 0 aliphatic rings. The van der Waals surface area contributed by atoms with Crippen molar-refractivity contribution in [2.75, 3.05) is 0 Å². The van der Waals surface area contributed by atoms with Crippen LogP contribution in [0.15, 0.2) is 24.4 Å². The molecule has 2 aromatic rings. The van der Waals surface area contributed by atoms with Gasteiger partial charge in [-0.15, -0.1) is 0 Å². The average molecular weight is 212 g/mol. The second-order valence-electron chi connectivity index (χ2n) is 2.88. The van der Waals surface area contributed by atoms with Gasteiger partial charge in [-0.25, -0.2) is 0 Å². The standard InChI is InChI=1S/C10H7Cl2N/c1-6-2-3-8(12)10-9(6)7(11)4-5-13-10/h2-5H,1H3. The summed E-state index contributed by atoms with van der Waals surface area (Å²) >= 11 is 12.0. The summed E-state index contributed by atoms with van der Waals surface area (Å²) in [5.41, 5.74) is 1.87. The van der Waals surface area contributed by atoms with E-state index in [0.717, 1.165) is 16.5 Å². The highest BCUT2D eigenvalue weighted by Gasteiger charge is 2.05. The van der Waals surface area contributed by atoms with Crippen molar-refractivity contribution in [1.82, 2.24) is 4.98 Å². The van der Waals surface area contributed by atoms with E-state index in [-0.39, 0.29) is 0 Å². The van der Waals surface area contributed by atoms with E-state index in [1.165, 1.54) is 0 Å². The number of halogens is 2. The number of aromatic nitrogens is 1. The highest BCUT2D eigenvalue weighted by molar-refractivity contribution is 6.39. The van der Waals surface area contributed by atoms with Gasteiger partial charge in [0.15, 0.2) is 0 Å². The third kappa shape index (κ3) is 1.38. The van der Waals surface area contributed by atoms with Crippen LogP contribution >= 0.6 is 23.2 Å². The van der Waals surface area contributed by atoms with E-state index in [1.54, 1.807) is 12.3 Å². The number of rotatable bonds is 0. The number of fused-ring (bicyclic) bond motifs is 1. The van der Waals surface area contributed by atoms with Gasteiger partial charge in [0.25, 0.3) is 0 Å². The lowest BCUT2D eigenvalue weighted by Crippen LogP contribution is -1.84. The third-order valence-corrected chi connectivity index (χ3v) is 2.62. The minimum absolute atomic E-state index is 0.642. The van der Waals surface area contributed by atoms with Gasteiger partial charge in [-0.2, -0.15) is 0 Å². The first-order valence-corrected chi connectivity index (χ1v) is 4.65. The lowest BCUT2D eigenvalue weighted by Gasteiger charge is -2.04. The molecule has 13 heavy (non-hydrogen) atoms. The van der Waals surface area contributed by atoms with Crippen molar-refractivity contribution >= 4 is 34.1 Å². The van der Waals surface area contributed by atoms with Gasteiger partial charge in [0, 0.05) is 11.6 Å². The molecule has 0 unspecified atom stereocenters. The van der Waals surface area contributed by atoms with Gasteiger partial charge in [0.05, 0.1) is 15.6 Å². The van der Waals surface area contributed by atoms with Crippen LogP contribution in [-0.4, -0.2) is 4.98 Å². The summed E-state index contributed by atoms with van der Waals surface area (Å²) in [6.07, 6.45) is 1.66. The quantitative estimate of drug-likeness (QED) is 0.646. The molecule has 1 aromatic carbocycles. The van der Waals surface area contributed by atoms with Crippen LogP contribution in [-0.2, 0) is 0 Å². The second-order valence-corrected chi connectivity index (χ2v) is 3.70. The van der Waals surface area contributed by atoms with E-state index in [0.29, 0.717) is 10.0 Å². The van der Waals surface area contributed by atoms with Gasteiger partial charge in [-0.05, 0) is 24.6 Å². The fourth-order valence-electron chi connectivity index (χ4n) is 1.35. The highest BCUT2D eigenvalue weighted by Crippen LogP contribution is 2.29. The maximum absolute atomic E-state index is 6.04. The maximum Gasteiger partial charge on any atom is 0.0905 e. The molecule has 0 aliphatic heterocycles. The zero-order valence-electron chi connectivity index (χ0n) is 7.01. The number of pyridine rings is 1. The molecule has 66 valence electrons. The SMILES string of the molecule is Cc1ccc(Cl)c2nccc(Cl)c12. The highest BCUT2D eigenvalue weighted by atomic mass is 35.5. The minimum Gasteiger partial charge on any atom is -0.255 e. The topological polar surface area (TPSA) is 12.9 Å². The third-order valence-electron chi connectivity index (χ3n) is 2.00. The summed E-state index contributed by atoms with van der Waals surface area (Å²) in [4.78, 5) is 4.19. The Balaban J connectivity index is 3.00. The number of hydrogen-bond acceptors (Lipinski definition) is 1. The predicted molar refractivity (Wildman–Crippen MR) is 56.5 cm³/mol. The normalized spacial score (nSPS) is 10.7. The molecule has 0 fully saturated rings. The van der Waals surface area contributed by atoms with Crippen LogP contribution < -0.4 is 0 Å². The van der Waals surface area contributed by atoms with Crippen molar-refractivity contribution in [3.05, 3.63) is 40.0 Å². The molecule has 3 heteroatoms. The first-order chi connectivity index (χ1) is 6.20. The summed E-state index contributed by atoms with van der Waals surface area (Å²) in [6, 6.07) is 5.55. The van der Waals surface area contributed by atoms with Crippen LogP contribution in [0.3, 0.4) is 0 Å². The number of benzene rings is 1. The summed E-state index contributed by atoms with van der Waals surface area (Å²) in [7, 11) is 0. The van der Waals surface area contributed by atoms with Gasteiger partial charge in [-0.1, -0.05) is 29.3 Å². The molecular formula is C10H7Cl2N. The van der Waals surface area contributed by atoms with Gasteiger partial charge in [-0.3, -0.25) is 4.98 Å². The first-order valence-electron chi connectivity index (χ1n) is 3.89. The molecule has 0 amide bonds. The van der Waals surface area contributed by atoms with E-state index in [4.69, 9.17) is 23.2 Å².